The summed E-state index contributed by atoms with van der Waals surface area (Å²) in [5.41, 5.74) is 0.920. The van der Waals surface area contributed by atoms with E-state index in [4.69, 9.17) is 16.3 Å². The second-order valence-electron chi connectivity index (χ2n) is 5.76. The number of carbonyl (C=O) groups excluding carboxylic acids is 1. The highest BCUT2D eigenvalue weighted by atomic mass is 35.5. The third-order valence-corrected chi connectivity index (χ3v) is 5.38. The van der Waals surface area contributed by atoms with Gasteiger partial charge in [0.15, 0.2) is 0 Å². The van der Waals surface area contributed by atoms with Crippen molar-refractivity contribution in [1.29, 1.82) is 0 Å². The van der Waals surface area contributed by atoms with Crippen LogP contribution >= 0.6 is 11.6 Å². The van der Waals surface area contributed by atoms with Gasteiger partial charge in [-0.25, -0.2) is 13.1 Å². The van der Waals surface area contributed by atoms with E-state index in [2.05, 4.69) is 9.71 Å². The number of nitrogens with one attached hydrogen (secondary N) is 1. The van der Waals surface area contributed by atoms with Crippen LogP contribution in [0.3, 0.4) is 0 Å². The van der Waals surface area contributed by atoms with Crippen molar-refractivity contribution in [3.05, 3.63) is 65.3 Å². The fraction of sp³-hybridized carbons (Fsp3) is 0.158. The number of halogens is 1. The molecule has 0 atom stereocenters. The van der Waals surface area contributed by atoms with Gasteiger partial charge in [-0.2, -0.15) is 0 Å². The maximum absolute atomic E-state index is 12.7. The van der Waals surface area contributed by atoms with Crippen LogP contribution in [0.2, 0.25) is 5.02 Å². The summed E-state index contributed by atoms with van der Waals surface area (Å²) >= 11 is 6.02. The zero-order valence-electron chi connectivity index (χ0n) is 14.5. The minimum absolute atomic E-state index is 0.0858. The fourth-order valence-corrected chi connectivity index (χ4v) is 4.11. The fourth-order valence-electron chi connectivity index (χ4n) is 2.63. The highest BCUT2D eigenvalue weighted by Crippen LogP contribution is 2.25. The van der Waals surface area contributed by atoms with Gasteiger partial charge in [-0.15, -0.1) is 0 Å². The second kappa shape index (κ2) is 7.94. The number of hydrogen-bond donors (Lipinski definition) is 1. The Kier molecular flexibility index (Phi) is 5.62. The zero-order chi connectivity index (χ0) is 19.4. The predicted molar refractivity (Wildman–Crippen MR) is 103 cm³/mol. The quantitative estimate of drug-likeness (QED) is 0.681. The summed E-state index contributed by atoms with van der Waals surface area (Å²) in [5.74, 6) is 0.0361. The predicted octanol–water partition coefficient (Wildman–Crippen LogP) is 3.33. The van der Waals surface area contributed by atoms with Gasteiger partial charge < -0.3 is 4.74 Å². The molecule has 0 radical (unpaired) electrons. The number of ether oxygens (including phenoxy) is 1. The van der Waals surface area contributed by atoms with Crippen molar-refractivity contribution >= 4 is 38.4 Å². The molecule has 1 heterocycles. The summed E-state index contributed by atoms with van der Waals surface area (Å²) in [7, 11) is -4.12. The molecular weight excluding hydrogens is 388 g/mol. The SMILES string of the molecule is CCOc1ccc(CC(=O)NS(=O)(=O)c2cc(Cl)cc3cccnc23)cc1. The molecule has 0 unspecified atom stereocenters. The van der Waals surface area contributed by atoms with Crippen LogP contribution in [-0.4, -0.2) is 25.9 Å². The average Bonchev–Trinajstić information content (AvgIpc) is 2.62. The van der Waals surface area contributed by atoms with Gasteiger partial charge in [0, 0.05) is 16.6 Å². The first kappa shape index (κ1) is 19.1. The molecule has 0 bridgehead atoms. The minimum Gasteiger partial charge on any atom is -0.494 e. The number of benzene rings is 2. The molecule has 0 spiro atoms. The Morgan fingerprint density at radius 1 is 1.19 bits per heavy atom. The van der Waals surface area contributed by atoms with Gasteiger partial charge in [-0.3, -0.25) is 9.78 Å². The van der Waals surface area contributed by atoms with Gasteiger partial charge in [-0.1, -0.05) is 29.8 Å². The zero-order valence-corrected chi connectivity index (χ0v) is 16.0. The maximum atomic E-state index is 12.7. The van der Waals surface area contributed by atoms with Crippen LogP contribution in [0.1, 0.15) is 12.5 Å². The molecule has 0 saturated heterocycles. The molecule has 0 saturated carbocycles. The smallest absolute Gasteiger partial charge is 0.266 e. The Balaban J connectivity index is 1.81. The third kappa shape index (κ3) is 4.56. The summed E-state index contributed by atoms with van der Waals surface area (Å²) in [6.07, 6.45) is 1.40. The highest BCUT2D eigenvalue weighted by Gasteiger charge is 2.22. The van der Waals surface area contributed by atoms with Crippen molar-refractivity contribution in [3.63, 3.8) is 0 Å². The second-order valence-corrected chi connectivity index (χ2v) is 7.85. The van der Waals surface area contributed by atoms with Crippen molar-refractivity contribution in [1.82, 2.24) is 9.71 Å². The molecule has 6 nitrogen and oxygen atoms in total. The van der Waals surface area contributed by atoms with Crippen molar-refractivity contribution < 1.29 is 17.9 Å². The van der Waals surface area contributed by atoms with Crippen LogP contribution in [0, 0.1) is 0 Å². The number of aromatic nitrogens is 1. The Labute approximate surface area is 162 Å². The Morgan fingerprint density at radius 3 is 2.63 bits per heavy atom. The first-order chi connectivity index (χ1) is 12.9. The van der Waals surface area contributed by atoms with Crippen molar-refractivity contribution in [2.45, 2.75) is 18.2 Å². The standard InChI is InChI=1S/C19H17ClN2O4S/c1-2-26-16-7-5-13(6-8-16)10-18(23)22-27(24,25)17-12-15(20)11-14-4-3-9-21-19(14)17/h3-9,11-12H,2,10H2,1H3,(H,22,23). The molecule has 1 aromatic heterocycles. The highest BCUT2D eigenvalue weighted by molar-refractivity contribution is 7.90. The van der Waals surface area contributed by atoms with E-state index < -0.39 is 15.9 Å². The molecule has 0 aliphatic rings. The van der Waals surface area contributed by atoms with E-state index in [-0.39, 0.29) is 21.9 Å². The molecule has 0 aliphatic carbocycles. The van der Waals surface area contributed by atoms with E-state index in [1.165, 1.54) is 12.3 Å². The molecule has 0 fully saturated rings. The lowest BCUT2D eigenvalue weighted by Gasteiger charge is -2.10. The molecule has 2 aromatic carbocycles. The third-order valence-electron chi connectivity index (χ3n) is 3.77. The lowest BCUT2D eigenvalue weighted by molar-refractivity contribution is -0.118. The Hall–Kier alpha value is -2.64. The van der Waals surface area contributed by atoms with Gasteiger partial charge in [-0.05, 0) is 42.8 Å². The van der Waals surface area contributed by atoms with Gasteiger partial charge in [0.25, 0.3) is 10.0 Å². The first-order valence-electron chi connectivity index (χ1n) is 8.20. The van der Waals surface area contributed by atoms with Gasteiger partial charge in [0.05, 0.1) is 18.5 Å². The molecule has 8 heteroatoms. The van der Waals surface area contributed by atoms with E-state index in [9.17, 15) is 13.2 Å². The number of pyridine rings is 1. The number of fused-ring (bicyclic) bond motifs is 1. The van der Waals surface area contributed by atoms with Crippen LogP contribution in [0.5, 0.6) is 5.75 Å². The molecule has 140 valence electrons. The molecular formula is C19H17ClN2O4S. The molecule has 27 heavy (non-hydrogen) atoms. The van der Waals surface area contributed by atoms with Crippen molar-refractivity contribution in [2.24, 2.45) is 0 Å². The van der Waals surface area contributed by atoms with Gasteiger partial charge >= 0.3 is 0 Å². The van der Waals surface area contributed by atoms with Crippen LogP contribution in [-0.2, 0) is 21.2 Å². The largest absolute Gasteiger partial charge is 0.494 e. The molecule has 3 rings (SSSR count). The van der Waals surface area contributed by atoms with E-state index in [0.29, 0.717) is 23.3 Å². The van der Waals surface area contributed by atoms with E-state index in [1.54, 1.807) is 42.5 Å². The number of amides is 1. The summed E-state index contributed by atoms with van der Waals surface area (Å²) in [5, 5.41) is 0.819. The summed E-state index contributed by atoms with van der Waals surface area (Å²) in [6.45, 7) is 2.42. The van der Waals surface area contributed by atoms with Gasteiger partial charge in [0.1, 0.15) is 10.6 Å². The summed E-state index contributed by atoms with van der Waals surface area (Å²) in [4.78, 5) is 16.2. The van der Waals surface area contributed by atoms with Crippen LogP contribution < -0.4 is 9.46 Å². The van der Waals surface area contributed by atoms with Crippen LogP contribution in [0.4, 0.5) is 0 Å². The van der Waals surface area contributed by atoms with E-state index in [0.717, 1.165) is 0 Å². The monoisotopic (exact) mass is 404 g/mol. The molecule has 1 amide bonds. The number of rotatable bonds is 6. The van der Waals surface area contributed by atoms with Crippen LogP contribution in [0.15, 0.2) is 59.6 Å². The number of sulfonamides is 1. The number of hydrogen-bond acceptors (Lipinski definition) is 5. The minimum atomic E-state index is -4.12. The lowest BCUT2D eigenvalue weighted by atomic mass is 10.1. The Bertz CT molecular complexity index is 1080. The normalized spacial score (nSPS) is 11.3. The van der Waals surface area contributed by atoms with E-state index >= 15 is 0 Å². The number of nitrogens with zero attached hydrogens (tertiary/aromatic N) is 1. The first-order valence-corrected chi connectivity index (χ1v) is 10.1. The van der Waals surface area contributed by atoms with Crippen LogP contribution in [0.25, 0.3) is 10.9 Å². The summed E-state index contributed by atoms with van der Waals surface area (Å²) in [6, 6.07) is 13.2. The molecule has 3 aromatic rings. The van der Waals surface area contributed by atoms with Crippen molar-refractivity contribution in [2.75, 3.05) is 6.61 Å². The topological polar surface area (TPSA) is 85.4 Å². The molecule has 1 N–H and O–H groups in total. The molecule has 0 aliphatic heterocycles. The number of carbonyl (C=O) groups is 1. The maximum Gasteiger partial charge on any atom is 0.266 e. The average molecular weight is 405 g/mol. The lowest BCUT2D eigenvalue weighted by Crippen LogP contribution is -2.32. The Morgan fingerprint density at radius 2 is 1.93 bits per heavy atom. The van der Waals surface area contributed by atoms with Crippen molar-refractivity contribution in [3.8, 4) is 5.75 Å². The van der Waals surface area contributed by atoms with Gasteiger partial charge in [0.2, 0.25) is 5.91 Å². The summed E-state index contributed by atoms with van der Waals surface area (Å²) < 4.78 is 32.8. The van der Waals surface area contributed by atoms with E-state index in [1.807, 2.05) is 6.92 Å².